The number of phenolic OH excluding ortho intramolecular Hbond substituents is 1. The average Bonchev–Trinajstić information content (AvgIpc) is 2.82. The number of hydrogen-bond acceptors (Lipinski definition) is 3. The van der Waals surface area contributed by atoms with Crippen LogP contribution in [0.5, 0.6) is 5.75 Å². The third-order valence-electron chi connectivity index (χ3n) is 2.98. The van der Waals surface area contributed by atoms with Gasteiger partial charge >= 0.3 is 0 Å². The third-order valence-corrected chi connectivity index (χ3v) is 2.98. The van der Waals surface area contributed by atoms with Crippen molar-refractivity contribution in [3.05, 3.63) is 54.4 Å². The number of fused-ring (bicyclic) bond motifs is 1. The number of phenols is 1. The van der Waals surface area contributed by atoms with Crippen molar-refractivity contribution in [2.24, 2.45) is 5.73 Å². The van der Waals surface area contributed by atoms with Crippen LogP contribution in [0.15, 0.2) is 48.8 Å². The Labute approximate surface area is 104 Å². The number of hydrogen-bond donors (Lipinski definition) is 2. The SMILES string of the molecule is NCc1ccn2c(-c3ccccc3O)ncc2c1. The summed E-state index contributed by atoms with van der Waals surface area (Å²) >= 11 is 0. The van der Waals surface area contributed by atoms with Crippen molar-refractivity contribution >= 4 is 5.52 Å². The van der Waals surface area contributed by atoms with Gasteiger partial charge in [-0.05, 0) is 29.8 Å². The molecule has 1 aromatic carbocycles. The second-order valence-electron chi connectivity index (χ2n) is 4.13. The number of benzene rings is 1. The number of aromatic hydroxyl groups is 1. The van der Waals surface area contributed by atoms with Crippen LogP contribution in [0.3, 0.4) is 0 Å². The van der Waals surface area contributed by atoms with Gasteiger partial charge in [-0.15, -0.1) is 0 Å². The molecule has 0 fully saturated rings. The zero-order valence-electron chi connectivity index (χ0n) is 9.74. The highest BCUT2D eigenvalue weighted by molar-refractivity contribution is 5.68. The Kier molecular flexibility index (Phi) is 2.50. The van der Waals surface area contributed by atoms with Gasteiger partial charge in [0.05, 0.1) is 17.3 Å². The Balaban J connectivity index is 2.22. The summed E-state index contributed by atoms with van der Waals surface area (Å²) in [6.45, 7) is 0.508. The Morgan fingerprint density at radius 2 is 2.06 bits per heavy atom. The maximum Gasteiger partial charge on any atom is 0.148 e. The summed E-state index contributed by atoms with van der Waals surface area (Å²) in [7, 11) is 0. The van der Waals surface area contributed by atoms with Crippen molar-refractivity contribution in [1.29, 1.82) is 0 Å². The van der Waals surface area contributed by atoms with E-state index in [1.54, 1.807) is 18.3 Å². The van der Waals surface area contributed by atoms with Gasteiger partial charge in [-0.25, -0.2) is 4.98 Å². The molecule has 0 bridgehead atoms. The standard InChI is InChI=1S/C14H13N3O/c15-8-10-5-6-17-11(7-10)9-16-14(17)12-3-1-2-4-13(12)18/h1-7,9,18H,8,15H2. The third kappa shape index (κ3) is 1.63. The normalized spacial score (nSPS) is 10.9. The minimum atomic E-state index is 0.230. The molecule has 0 saturated heterocycles. The zero-order chi connectivity index (χ0) is 12.5. The van der Waals surface area contributed by atoms with Crippen molar-refractivity contribution in [2.45, 2.75) is 6.54 Å². The fraction of sp³-hybridized carbons (Fsp3) is 0.0714. The molecule has 2 heterocycles. The number of para-hydroxylation sites is 1. The van der Waals surface area contributed by atoms with E-state index in [1.165, 1.54) is 0 Å². The Morgan fingerprint density at radius 1 is 1.22 bits per heavy atom. The van der Waals surface area contributed by atoms with Gasteiger partial charge in [0.2, 0.25) is 0 Å². The van der Waals surface area contributed by atoms with Crippen molar-refractivity contribution in [3.8, 4) is 17.1 Å². The first-order valence-electron chi connectivity index (χ1n) is 5.74. The van der Waals surface area contributed by atoms with Crippen LogP contribution in [-0.2, 0) is 6.54 Å². The lowest BCUT2D eigenvalue weighted by molar-refractivity contribution is 0.477. The van der Waals surface area contributed by atoms with Crippen LogP contribution in [0.1, 0.15) is 5.56 Å². The first kappa shape index (κ1) is 10.8. The molecule has 3 N–H and O–H groups in total. The molecule has 0 saturated carbocycles. The Hall–Kier alpha value is -2.33. The summed E-state index contributed by atoms with van der Waals surface area (Å²) in [5, 5.41) is 9.87. The van der Waals surface area contributed by atoms with Gasteiger partial charge in [0.15, 0.2) is 0 Å². The lowest BCUT2D eigenvalue weighted by atomic mass is 10.2. The second kappa shape index (κ2) is 4.16. The fourth-order valence-electron chi connectivity index (χ4n) is 2.03. The Morgan fingerprint density at radius 3 is 2.83 bits per heavy atom. The number of rotatable bonds is 2. The van der Waals surface area contributed by atoms with Crippen LogP contribution in [-0.4, -0.2) is 14.5 Å². The molecule has 0 aliphatic heterocycles. The van der Waals surface area contributed by atoms with E-state index in [0.717, 1.165) is 22.5 Å². The van der Waals surface area contributed by atoms with E-state index in [2.05, 4.69) is 4.98 Å². The highest BCUT2D eigenvalue weighted by Crippen LogP contribution is 2.28. The molecule has 90 valence electrons. The maximum atomic E-state index is 9.87. The van der Waals surface area contributed by atoms with Gasteiger partial charge in [-0.3, -0.25) is 4.40 Å². The molecule has 3 aromatic rings. The minimum Gasteiger partial charge on any atom is -0.507 e. The molecule has 0 amide bonds. The maximum absolute atomic E-state index is 9.87. The minimum absolute atomic E-state index is 0.230. The molecule has 4 nitrogen and oxygen atoms in total. The topological polar surface area (TPSA) is 63.5 Å². The van der Waals surface area contributed by atoms with Crippen LogP contribution >= 0.6 is 0 Å². The molecule has 0 aliphatic carbocycles. The van der Waals surface area contributed by atoms with Crippen molar-refractivity contribution < 1.29 is 5.11 Å². The van der Waals surface area contributed by atoms with Crippen molar-refractivity contribution in [1.82, 2.24) is 9.38 Å². The molecule has 0 unspecified atom stereocenters. The van der Waals surface area contributed by atoms with E-state index in [0.29, 0.717) is 6.54 Å². The lowest BCUT2D eigenvalue weighted by Crippen LogP contribution is -1.97. The second-order valence-corrected chi connectivity index (χ2v) is 4.13. The number of nitrogens with two attached hydrogens (primary N) is 1. The summed E-state index contributed by atoms with van der Waals surface area (Å²) in [6.07, 6.45) is 3.70. The number of pyridine rings is 1. The number of aromatic nitrogens is 2. The van der Waals surface area contributed by atoms with Crippen molar-refractivity contribution in [2.75, 3.05) is 0 Å². The lowest BCUT2D eigenvalue weighted by Gasteiger charge is -2.04. The highest BCUT2D eigenvalue weighted by Gasteiger charge is 2.09. The van der Waals surface area contributed by atoms with E-state index in [9.17, 15) is 5.11 Å². The van der Waals surface area contributed by atoms with Gasteiger partial charge in [0, 0.05) is 12.7 Å². The van der Waals surface area contributed by atoms with Gasteiger partial charge in [-0.1, -0.05) is 12.1 Å². The van der Waals surface area contributed by atoms with E-state index < -0.39 is 0 Å². The van der Waals surface area contributed by atoms with Crippen molar-refractivity contribution in [3.63, 3.8) is 0 Å². The molecule has 18 heavy (non-hydrogen) atoms. The first-order chi connectivity index (χ1) is 8.79. The summed E-state index contributed by atoms with van der Waals surface area (Å²) in [6, 6.07) is 11.1. The van der Waals surface area contributed by atoms with E-state index in [-0.39, 0.29) is 5.75 Å². The molecule has 4 heteroatoms. The average molecular weight is 239 g/mol. The summed E-state index contributed by atoms with van der Waals surface area (Å²) in [5.41, 5.74) is 8.36. The van der Waals surface area contributed by atoms with E-state index in [4.69, 9.17) is 5.73 Å². The molecule has 0 aliphatic rings. The molecule has 3 rings (SSSR count). The molecular weight excluding hydrogens is 226 g/mol. The smallest absolute Gasteiger partial charge is 0.148 e. The van der Waals surface area contributed by atoms with Crippen LogP contribution in [0, 0.1) is 0 Å². The molecule has 2 aromatic heterocycles. The van der Waals surface area contributed by atoms with E-state index >= 15 is 0 Å². The van der Waals surface area contributed by atoms with Crippen LogP contribution < -0.4 is 5.73 Å². The van der Waals surface area contributed by atoms with Gasteiger partial charge in [-0.2, -0.15) is 0 Å². The largest absolute Gasteiger partial charge is 0.507 e. The quantitative estimate of drug-likeness (QED) is 0.720. The molecule has 0 atom stereocenters. The summed E-state index contributed by atoms with van der Waals surface area (Å²) in [4.78, 5) is 4.36. The van der Waals surface area contributed by atoms with Crippen LogP contribution in [0.25, 0.3) is 16.9 Å². The van der Waals surface area contributed by atoms with Gasteiger partial charge in [0.25, 0.3) is 0 Å². The predicted molar refractivity (Wildman–Crippen MR) is 70.2 cm³/mol. The van der Waals surface area contributed by atoms with Crippen LogP contribution in [0.2, 0.25) is 0 Å². The number of imidazole rings is 1. The summed E-state index contributed by atoms with van der Waals surface area (Å²) in [5.74, 6) is 0.958. The monoisotopic (exact) mass is 239 g/mol. The molecular formula is C14H13N3O. The first-order valence-corrected chi connectivity index (χ1v) is 5.74. The molecule has 0 radical (unpaired) electrons. The predicted octanol–water partition coefficient (Wildman–Crippen LogP) is 2.17. The van der Waals surface area contributed by atoms with E-state index in [1.807, 2.05) is 34.9 Å². The van der Waals surface area contributed by atoms with Gasteiger partial charge < -0.3 is 10.8 Å². The highest BCUT2D eigenvalue weighted by atomic mass is 16.3. The zero-order valence-corrected chi connectivity index (χ0v) is 9.74. The van der Waals surface area contributed by atoms with Crippen LogP contribution in [0.4, 0.5) is 0 Å². The Bertz CT molecular complexity index is 703. The van der Waals surface area contributed by atoms with Gasteiger partial charge in [0.1, 0.15) is 11.6 Å². The number of nitrogens with zero attached hydrogens (tertiary/aromatic N) is 2. The summed E-state index contributed by atoms with van der Waals surface area (Å²) < 4.78 is 1.94. The molecule has 0 spiro atoms. The fourth-order valence-corrected chi connectivity index (χ4v) is 2.03.